The molecule has 1 atom stereocenters. The SMILES string of the molecule is N#CCc1cnc(-c2ccc3ccccc3c2)n1-c1ccnc(N[C@H]2CCCN(C(=O)C3CCCCC3)C2)n1. The van der Waals surface area contributed by atoms with E-state index in [4.69, 9.17) is 9.97 Å². The van der Waals surface area contributed by atoms with Crippen LogP contribution in [0.5, 0.6) is 0 Å². The summed E-state index contributed by atoms with van der Waals surface area (Å²) in [5.74, 6) is 2.41. The van der Waals surface area contributed by atoms with Gasteiger partial charge in [-0.05, 0) is 48.6 Å². The summed E-state index contributed by atoms with van der Waals surface area (Å²) in [5.41, 5.74) is 1.72. The fourth-order valence-corrected chi connectivity index (χ4v) is 6.01. The number of rotatable bonds is 6. The number of nitrogens with zero attached hydrogens (tertiary/aromatic N) is 6. The van der Waals surface area contributed by atoms with Crippen molar-refractivity contribution in [3.63, 3.8) is 0 Å². The van der Waals surface area contributed by atoms with Crippen molar-refractivity contribution in [2.24, 2.45) is 5.92 Å². The molecule has 6 rings (SSSR count). The summed E-state index contributed by atoms with van der Waals surface area (Å²) in [4.78, 5) is 29.2. The summed E-state index contributed by atoms with van der Waals surface area (Å²) in [6.07, 6.45) is 11.3. The van der Waals surface area contributed by atoms with Crippen molar-refractivity contribution in [2.75, 3.05) is 18.4 Å². The van der Waals surface area contributed by atoms with E-state index in [1.165, 1.54) is 6.42 Å². The van der Waals surface area contributed by atoms with Gasteiger partial charge in [0.1, 0.15) is 11.6 Å². The third-order valence-electron chi connectivity index (χ3n) is 7.99. The number of nitrogens with one attached hydrogen (secondary N) is 1. The molecule has 1 aliphatic heterocycles. The number of carbonyl (C=O) groups excluding carboxylic acids is 1. The fraction of sp³-hybridized carbons (Fsp3) is 0.387. The van der Waals surface area contributed by atoms with Crippen molar-refractivity contribution < 1.29 is 4.79 Å². The predicted octanol–water partition coefficient (Wildman–Crippen LogP) is 5.53. The molecule has 0 bridgehead atoms. The van der Waals surface area contributed by atoms with Crippen LogP contribution < -0.4 is 5.32 Å². The first-order valence-electron chi connectivity index (χ1n) is 14.0. The summed E-state index contributed by atoms with van der Waals surface area (Å²) in [7, 11) is 0. The third-order valence-corrected chi connectivity index (χ3v) is 7.99. The molecule has 4 aromatic rings. The van der Waals surface area contributed by atoms with Crippen molar-refractivity contribution in [3.8, 4) is 23.3 Å². The van der Waals surface area contributed by atoms with Crippen LogP contribution in [0.2, 0.25) is 0 Å². The summed E-state index contributed by atoms with van der Waals surface area (Å²) >= 11 is 0. The summed E-state index contributed by atoms with van der Waals surface area (Å²) in [5, 5.41) is 15.3. The average Bonchev–Trinajstić information content (AvgIpc) is 3.41. The second-order valence-electron chi connectivity index (χ2n) is 10.6. The van der Waals surface area contributed by atoms with Crippen molar-refractivity contribution in [2.45, 2.75) is 57.4 Å². The third kappa shape index (κ3) is 5.35. The van der Waals surface area contributed by atoms with E-state index >= 15 is 0 Å². The van der Waals surface area contributed by atoms with Crippen molar-refractivity contribution >= 4 is 22.6 Å². The Balaban J connectivity index is 1.25. The Morgan fingerprint density at radius 1 is 1.00 bits per heavy atom. The first kappa shape index (κ1) is 25.1. The van der Waals surface area contributed by atoms with Crippen LogP contribution >= 0.6 is 0 Å². The maximum atomic E-state index is 13.1. The van der Waals surface area contributed by atoms with E-state index in [9.17, 15) is 10.1 Å². The molecule has 8 heteroatoms. The Morgan fingerprint density at radius 2 is 1.85 bits per heavy atom. The van der Waals surface area contributed by atoms with Crippen molar-refractivity contribution in [1.29, 1.82) is 5.26 Å². The van der Waals surface area contributed by atoms with Crippen molar-refractivity contribution in [1.82, 2.24) is 24.4 Å². The van der Waals surface area contributed by atoms with Gasteiger partial charge >= 0.3 is 0 Å². The molecule has 2 aliphatic rings. The molecule has 2 aromatic heterocycles. The molecule has 0 unspecified atom stereocenters. The van der Waals surface area contributed by atoms with Gasteiger partial charge in [-0.15, -0.1) is 0 Å². The minimum Gasteiger partial charge on any atom is -0.350 e. The van der Waals surface area contributed by atoms with Gasteiger partial charge in [-0.2, -0.15) is 10.2 Å². The number of carbonyl (C=O) groups is 1. The summed E-state index contributed by atoms with van der Waals surface area (Å²) < 4.78 is 1.94. The molecular weight excluding hydrogens is 486 g/mol. The van der Waals surface area contributed by atoms with Gasteiger partial charge in [0.25, 0.3) is 0 Å². The maximum absolute atomic E-state index is 13.1. The van der Waals surface area contributed by atoms with Gasteiger partial charge in [-0.25, -0.2) is 9.97 Å². The number of anilines is 1. The first-order valence-corrected chi connectivity index (χ1v) is 14.0. The molecular formula is C31H33N7O. The van der Waals surface area contributed by atoms with Crippen LogP contribution in [0.25, 0.3) is 28.0 Å². The number of nitriles is 1. The molecule has 198 valence electrons. The maximum Gasteiger partial charge on any atom is 0.225 e. The van der Waals surface area contributed by atoms with E-state index in [0.717, 1.165) is 72.9 Å². The molecule has 1 aliphatic carbocycles. The van der Waals surface area contributed by atoms with Gasteiger partial charge in [0.2, 0.25) is 11.9 Å². The minimum atomic E-state index is 0.0999. The predicted molar refractivity (Wildman–Crippen MR) is 151 cm³/mol. The van der Waals surface area contributed by atoms with Gasteiger partial charge in [0.15, 0.2) is 0 Å². The Hall–Kier alpha value is -4.25. The minimum absolute atomic E-state index is 0.0999. The van der Waals surface area contributed by atoms with Gasteiger partial charge < -0.3 is 10.2 Å². The first-order chi connectivity index (χ1) is 19.2. The Labute approximate surface area is 228 Å². The fourth-order valence-electron chi connectivity index (χ4n) is 6.01. The number of likely N-dealkylation sites (tertiary alicyclic amines) is 1. The Morgan fingerprint density at radius 3 is 2.69 bits per heavy atom. The van der Waals surface area contributed by atoms with Crippen LogP contribution in [0.3, 0.4) is 0 Å². The molecule has 0 radical (unpaired) electrons. The molecule has 2 aromatic carbocycles. The number of hydrogen-bond acceptors (Lipinski definition) is 6. The normalized spacial score (nSPS) is 18.1. The quantitative estimate of drug-likeness (QED) is 0.359. The number of aromatic nitrogens is 4. The van der Waals surface area contributed by atoms with E-state index < -0.39 is 0 Å². The largest absolute Gasteiger partial charge is 0.350 e. The van der Waals surface area contributed by atoms with Crippen LogP contribution in [-0.4, -0.2) is 49.5 Å². The molecule has 1 N–H and O–H groups in total. The van der Waals surface area contributed by atoms with Gasteiger partial charge in [0, 0.05) is 36.8 Å². The summed E-state index contributed by atoms with van der Waals surface area (Å²) in [6.45, 7) is 1.51. The van der Waals surface area contributed by atoms with E-state index in [0.29, 0.717) is 24.2 Å². The average molecular weight is 520 g/mol. The molecule has 0 spiro atoms. The van der Waals surface area contributed by atoms with Crippen LogP contribution in [0.15, 0.2) is 60.9 Å². The zero-order chi connectivity index (χ0) is 26.6. The van der Waals surface area contributed by atoms with E-state index in [2.05, 4.69) is 46.7 Å². The molecule has 39 heavy (non-hydrogen) atoms. The number of fused-ring (bicyclic) bond motifs is 1. The standard InChI is InChI=1S/C31H33N7O/c32-16-14-27-20-34-29(25-13-12-22-7-4-5-10-24(22)19-25)38(27)28-15-17-33-31(36-28)35-26-11-6-18-37(21-26)30(39)23-8-2-1-3-9-23/h4-5,7,10,12-13,15,17,19-20,23,26H,1-3,6,8-9,11,14,18,21H2,(H,33,35,36)/t26-/m0/s1. The van der Waals surface area contributed by atoms with E-state index in [-0.39, 0.29) is 18.4 Å². The lowest BCUT2D eigenvalue weighted by Gasteiger charge is -2.36. The monoisotopic (exact) mass is 519 g/mol. The second kappa shape index (κ2) is 11.2. The van der Waals surface area contributed by atoms with E-state index in [1.54, 1.807) is 12.4 Å². The molecule has 2 fully saturated rings. The van der Waals surface area contributed by atoms with Crippen LogP contribution in [0, 0.1) is 17.2 Å². The van der Waals surface area contributed by atoms with Crippen LogP contribution in [0.4, 0.5) is 5.95 Å². The van der Waals surface area contributed by atoms with Gasteiger partial charge in [-0.1, -0.05) is 55.7 Å². The number of piperidine rings is 1. The highest BCUT2D eigenvalue weighted by molar-refractivity contribution is 5.86. The van der Waals surface area contributed by atoms with Gasteiger partial charge in [0.05, 0.1) is 24.4 Å². The highest BCUT2D eigenvalue weighted by Crippen LogP contribution is 2.29. The number of benzene rings is 2. The smallest absolute Gasteiger partial charge is 0.225 e. The Bertz CT molecular complexity index is 1510. The van der Waals surface area contributed by atoms with Crippen molar-refractivity contribution in [3.05, 3.63) is 66.6 Å². The number of imidazole rings is 1. The Kier molecular flexibility index (Phi) is 7.22. The molecule has 1 saturated heterocycles. The topological polar surface area (TPSA) is 99.7 Å². The molecule has 8 nitrogen and oxygen atoms in total. The summed E-state index contributed by atoms with van der Waals surface area (Å²) in [6, 6.07) is 18.7. The lowest BCUT2D eigenvalue weighted by molar-refractivity contribution is -0.137. The molecule has 1 saturated carbocycles. The van der Waals surface area contributed by atoms with E-state index in [1.807, 2.05) is 27.7 Å². The highest BCUT2D eigenvalue weighted by atomic mass is 16.2. The highest BCUT2D eigenvalue weighted by Gasteiger charge is 2.30. The molecule has 1 amide bonds. The lowest BCUT2D eigenvalue weighted by atomic mass is 9.87. The zero-order valence-corrected chi connectivity index (χ0v) is 22.1. The number of amides is 1. The van der Waals surface area contributed by atoms with Crippen LogP contribution in [-0.2, 0) is 11.2 Å². The molecule has 3 heterocycles. The lowest BCUT2D eigenvalue weighted by Crippen LogP contribution is -2.47. The number of hydrogen-bond donors (Lipinski definition) is 1. The van der Waals surface area contributed by atoms with Gasteiger partial charge in [-0.3, -0.25) is 9.36 Å². The van der Waals surface area contributed by atoms with Crippen LogP contribution in [0.1, 0.15) is 50.6 Å². The zero-order valence-electron chi connectivity index (χ0n) is 22.1. The second-order valence-corrected chi connectivity index (χ2v) is 10.6.